The van der Waals surface area contributed by atoms with Crippen LogP contribution in [0.2, 0.25) is 0 Å². The first kappa shape index (κ1) is 24.1. The van der Waals surface area contributed by atoms with Crippen molar-refractivity contribution >= 4 is 0 Å². The van der Waals surface area contributed by atoms with Crippen LogP contribution in [0.3, 0.4) is 0 Å². The average molecular weight is 414 g/mol. The van der Waals surface area contributed by atoms with E-state index < -0.39 is 0 Å². The quantitative estimate of drug-likeness (QED) is 0.327. The van der Waals surface area contributed by atoms with Crippen LogP contribution >= 0.6 is 0 Å². The van der Waals surface area contributed by atoms with Gasteiger partial charge in [-0.25, -0.2) is 0 Å². The third kappa shape index (κ3) is 7.00. The molecular formula is C29H51N. The van der Waals surface area contributed by atoms with Gasteiger partial charge in [0, 0.05) is 0 Å². The van der Waals surface area contributed by atoms with Gasteiger partial charge in [-0.05, 0) is 93.8 Å². The standard InChI is InChI=1S/C29H51N/c1-3-5-6-8-25-17-20-29(23-30,21-18-25)22-19-26-11-15-28(16-12-26)27-13-9-24(7-4-2)10-14-27/h24-28H,3-22H2,1-2H3/t24-,25-,26?,27-,28?,29-. The van der Waals surface area contributed by atoms with Gasteiger partial charge in [0.05, 0.1) is 11.5 Å². The lowest BCUT2D eigenvalue weighted by Crippen LogP contribution is -2.28. The molecule has 0 unspecified atom stereocenters. The zero-order valence-corrected chi connectivity index (χ0v) is 20.5. The van der Waals surface area contributed by atoms with Gasteiger partial charge in [0.2, 0.25) is 0 Å². The summed E-state index contributed by atoms with van der Waals surface area (Å²) in [5.74, 6) is 4.97. The van der Waals surface area contributed by atoms with Gasteiger partial charge in [0.25, 0.3) is 0 Å². The topological polar surface area (TPSA) is 23.8 Å². The van der Waals surface area contributed by atoms with Crippen molar-refractivity contribution in [2.45, 2.75) is 142 Å². The van der Waals surface area contributed by atoms with Crippen LogP contribution in [-0.2, 0) is 0 Å². The van der Waals surface area contributed by atoms with Crippen molar-refractivity contribution in [2.24, 2.45) is 35.0 Å². The van der Waals surface area contributed by atoms with E-state index in [1.165, 1.54) is 128 Å². The summed E-state index contributed by atoms with van der Waals surface area (Å²) in [4.78, 5) is 0. The van der Waals surface area contributed by atoms with Crippen molar-refractivity contribution < 1.29 is 0 Å². The van der Waals surface area contributed by atoms with Crippen LogP contribution in [0.1, 0.15) is 142 Å². The van der Waals surface area contributed by atoms with Crippen molar-refractivity contribution in [1.29, 1.82) is 5.26 Å². The molecule has 0 saturated heterocycles. The Morgan fingerprint density at radius 1 is 0.633 bits per heavy atom. The molecule has 0 spiro atoms. The van der Waals surface area contributed by atoms with Crippen molar-refractivity contribution in [3.8, 4) is 6.07 Å². The minimum absolute atomic E-state index is 0.0375. The molecule has 0 aromatic carbocycles. The van der Waals surface area contributed by atoms with Gasteiger partial charge in [-0.2, -0.15) is 5.26 Å². The van der Waals surface area contributed by atoms with Crippen molar-refractivity contribution in [3.05, 3.63) is 0 Å². The van der Waals surface area contributed by atoms with E-state index in [4.69, 9.17) is 0 Å². The maximum atomic E-state index is 9.99. The molecule has 3 fully saturated rings. The number of nitriles is 1. The number of hydrogen-bond acceptors (Lipinski definition) is 1. The molecule has 0 aromatic heterocycles. The van der Waals surface area contributed by atoms with Gasteiger partial charge >= 0.3 is 0 Å². The van der Waals surface area contributed by atoms with Gasteiger partial charge < -0.3 is 0 Å². The van der Waals surface area contributed by atoms with Crippen molar-refractivity contribution in [1.82, 2.24) is 0 Å². The maximum Gasteiger partial charge on any atom is 0.0689 e. The van der Waals surface area contributed by atoms with Crippen LogP contribution < -0.4 is 0 Å². The second-order valence-electron chi connectivity index (χ2n) is 11.7. The van der Waals surface area contributed by atoms with Crippen LogP contribution in [0.4, 0.5) is 0 Å². The Labute approximate surface area is 188 Å². The minimum Gasteiger partial charge on any atom is -0.198 e. The molecule has 3 saturated carbocycles. The van der Waals surface area contributed by atoms with Gasteiger partial charge in [0.15, 0.2) is 0 Å². The number of nitrogens with zero attached hydrogens (tertiary/aromatic N) is 1. The molecule has 0 aliphatic heterocycles. The second-order valence-corrected chi connectivity index (χ2v) is 11.7. The Hall–Kier alpha value is -0.510. The molecule has 0 radical (unpaired) electrons. The Bertz CT molecular complexity index is 493. The van der Waals surface area contributed by atoms with E-state index in [2.05, 4.69) is 19.9 Å². The minimum atomic E-state index is 0.0375. The largest absolute Gasteiger partial charge is 0.198 e. The van der Waals surface area contributed by atoms with E-state index in [9.17, 15) is 5.26 Å². The predicted molar refractivity (Wildman–Crippen MR) is 129 cm³/mol. The van der Waals surface area contributed by atoms with Crippen LogP contribution in [0.25, 0.3) is 0 Å². The summed E-state index contributed by atoms with van der Waals surface area (Å²) in [6.45, 7) is 4.65. The summed E-state index contributed by atoms with van der Waals surface area (Å²) in [6.07, 6.45) is 27.9. The summed E-state index contributed by atoms with van der Waals surface area (Å²) in [5, 5.41) is 9.99. The number of unbranched alkanes of at least 4 members (excludes halogenated alkanes) is 2. The average Bonchev–Trinajstić information content (AvgIpc) is 2.80. The third-order valence-corrected chi connectivity index (χ3v) is 9.69. The zero-order valence-electron chi connectivity index (χ0n) is 20.5. The molecule has 3 aliphatic rings. The molecule has 3 aliphatic carbocycles. The Kier molecular flexibility index (Phi) is 10.1. The normalized spacial score (nSPS) is 37.6. The monoisotopic (exact) mass is 413 g/mol. The maximum absolute atomic E-state index is 9.99. The Balaban J connectivity index is 1.34. The second kappa shape index (κ2) is 12.5. The van der Waals surface area contributed by atoms with Gasteiger partial charge in [-0.3, -0.25) is 0 Å². The molecule has 0 atom stereocenters. The highest BCUT2D eigenvalue weighted by Crippen LogP contribution is 2.47. The molecule has 0 N–H and O–H groups in total. The van der Waals surface area contributed by atoms with Crippen LogP contribution in [0, 0.1) is 46.3 Å². The third-order valence-electron chi connectivity index (χ3n) is 9.69. The van der Waals surface area contributed by atoms with E-state index >= 15 is 0 Å². The molecule has 0 heterocycles. The number of rotatable bonds is 10. The zero-order chi connectivity index (χ0) is 21.2. The number of hydrogen-bond donors (Lipinski definition) is 0. The van der Waals surface area contributed by atoms with Crippen molar-refractivity contribution in [2.75, 3.05) is 0 Å². The molecule has 1 heteroatoms. The fourth-order valence-corrected chi connectivity index (χ4v) is 7.40. The molecule has 172 valence electrons. The summed E-state index contributed by atoms with van der Waals surface area (Å²) in [5.41, 5.74) is 0.0375. The highest BCUT2D eigenvalue weighted by atomic mass is 14.4. The summed E-state index contributed by atoms with van der Waals surface area (Å²) in [7, 11) is 0. The fraction of sp³-hybridized carbons (Fsp3) is 0.966. The molecule has 0 bridgehead atoms. The van der Waals surface area contributed by atoms with E-state index in [-0.39, 0.29) is 5.41 Å². The lowest BCUT2D eigenvalue weighted by molar-refractivity contribution is 0.128. The molecule has 0 amide bonds. The van der Waals surface area contributed by atoms with Crippen LogP contribution in [0.15, 0.2) is 0 Å². The van der Waals surface area contributed by atoms with Gasteiger partial charge in [0.1, 0.15) is 0 Å². The molecule has 30 heavy (non-hydrogen) atoms. The van der Waals surface area contributed by atoms with Gasteiger partial charge in [-0.15, -0.1) is 0 Å². The first-order valence-electron chi connectivity index (χ1n) is 14.1. The van der Waals surface area contributed by atoms with Crippen molar-refractivity contribution in [3.63, 3.8) is 0 Å². The van der Waals surface area contributed by atoms with Gasteiger partial charge in [-0.1, -0.05) is 78.1 Å². The molecule has 0 aromatic rings. The van der Waals surface area contributed by atoms with Crippen LogP contribution in [-0.4, -0.2) is 0 Å². The lowest BCUT2D eigenvalue weighted by atomic mass is 9.65. The summed E-state index contributed by atoms with van der Waals surface area (Å²) >= 11 is 0. The fourth-order valence-electron chi connectivity index (χ4n) is 7.40. The molecular weight excluding hydrogens is 362 g/mol. The highest BCUT2D eigenvalue weighted by molar-refractivity contribution is 5.02. The smallest absolute Gasteiger partial charge is 0.0689 e. The van der Waals surface area contributed by atoms with E-state index in [1.807, 2.05) is 0 Å². The van der Waals surface area contributed by atoms with E-state index in [1.54, 1.807) is 0 Å². The first-order chi connectivity index (χ1) is 14.7. The Morgan fingerprint density at radius 2 is 1.17 bits per heavy atom. The van der Waals surface area contributed by atoms with E-state index in [0.29, 0.717) is 0 Å². The van der Waals surface area contributed by atoms with E-state index in [0.717, 1.165) is 29.6 Å². The highest BCUT2D eigenvalue weighted by Gasteiger charge is 2.36. The lowest BCUT2D eigenvalue weighted by Gasteiger charge is -2.39. The molecule has 3 rings (SSSR count). The van der Waals surface area contributed by atoms with Crippen LogP contribution in [0.5, 0.6) is 0 Å². The summed E-state index contributed by atoms with van der Waals surface area (Å²) < 4.78 is 0. The SMILES string of the molecule is CCCCC[C@H]1CC[C@@](C#N)(CCC2CCC([C@H]3CC[C@H](CCC)CC3)CC2)CC1. The molecule has 1 nitrogen and oxygen atoms in total. The Morgan fingerprint density at radius 3 is 1.67 bits per heavy atom. The summed E-state index contributed by atoms with van der Waals surface area (Å²) in [6, 6.07) is 2.82. The first-order valence-corrected chi connectivity index (χ1v) is 14.1. The predicted octanol–water partition coefficient (Wildman–Crippen LogP) is 9.46.